The number of rotatable bonds is 5. The van der Waals surface area contributed by atoms with Gasteiger partial charge in [0.25, 0.3) is 5.91 Å². The molecule has 1 saturated carbocycles. The fraction of sp³-hybridized carbons (Fsp3) is 0.444. The van der Waals surface area contributed by atoms with Gasteiger partial charge in [-0.2, -0.15) is 0 Å². The van der Waals surface area contributed by atoms with E-state index in [1.807, 2.05) is 0 Å². The summed E-state index contributed by atoms with van der Waals surface area (Å²) in [7, 11) is 0. The third kappa shape index (κ3) is 3.84. The summed E-state index contributed by atoms with van der Waals surface area (Å²) in [5.74, 6) is -2.59. The average Bonchev–Trinajstić information content (AvgIpc) is 2.58. The normalized spacial score (nSPS) is 22.2. The molecule has 3 N–H and O–H groups in total. The van der Waals surface area contributed by atoms with Crippen LogP contribution in [0.4, 0.5) is 0 Å². The molecule has 138 valence electrons. The predicted octanol–water partition coefficient (Wildman–Crippen LogP) is -0.0144. The first-order valence-electron chi connectivity index (χ1n) is 8.61. The van der Waals surface area contributed by atoms with Crippen molar-refractivity contribution < 1.29 is 24.3 Å². The second kappa shape index (κ2) is 7.55. The second-order valence-corrected chi connectivity index (χ2v) is 6.62. The van der Waals surface area contributed by atoms with E-state index in [0.717, 1.165) is 5.56 Å². The number of carbonyl (C=O) groups is 4. The molecule has 1 saturated heterocycles. The van der Waals surface area contributed by atoms with E-state index in [-0.39, 0.29) is 30.8 Å². The quantitative estimate of drug-likeness (QED) is 0.684. The van der Waals surface area contributed by atoms with Crippen molar-refractivity contribution in [2.45, 2.75) is 19.4 Å². The number of nitrogens with one attached hydrogen (secondary N) is 2. The molecular formula is C18H21N3O5. The molecule has 3 amide bonds. The van der Waals surface area contributed by atoms with Crippen molar-refractivity contribution in [2.24, 2.45) is 11.8 Å². The first kappa shape index (κ1) is 17.9. The molecule has 1 aliphatic carbocycles. The average molecular weight is 359 g/mol. The van der Waals surface area contributed by atoms with Crippen LogP contribution in [0.1, 0.15) is 28.8 Å². The summed E-state index contributed by atoms with van der Waals surface area (Å²) in [5, 5.41) is 14.4. The Hall–Kier alpha value is -2.90. The molecule has 2 fully saturated rings. The van der Waals surface area contributed by atoms with E-state index in [2.05, 4.69) is 10.6 Å². The Morgan fingerprint density at radius 2 is 1.85 bits per heavy atom. The van der Waals surface area contributed by atoms with E-state index in [0.29, 0.717) is 31.5 Å². The summed E-state index contributed by atoms with van der Waals surface area (Å²) >= 11 is 0. The highest BCUT2D eigenvalue weighted by Gasteiger charge is 2.41. The van der Waals surface area contributed by atoms with Crippen LogP contribution in [0, 0.1) is 11.8 Å². The minimum absolute atomic E-state index is 0.0583. The standard InChI is InChI=1S/C18H21N3O5/c22-15-10-21(8-7-19-15)17(24)12-3-1-11(2-4-12)9-20-16(23)13-5-6-14(13)18(25)26/h1-4,13-14H,5-10H2,(H,19,22)(H,20,23)(H,25,26). The van der Waals surface area contributed by atoms with E-state index in [1.165, 1.54) is 4.90 Å². The maximum atomic E-state index is 12.4. The van der Waals surface area contributed by atoms with Gasteiger partial charge in [0.05, 0.1) is 18.4 Å². The smallest absolute Gasteiger partial charge is 0.307 e. The molecule has 8 nitrogen and oxygen atoms in total. The van der Waals surface area contributed by atoms with Crippen molar-refractivity contribution >= 4 is 23.7 Å². The van der Waals surface area contributed by atoms with Crippen LogP contribution in [-0.2, 0) is 20.9 Å². The molecule has 0 spiro atoms. The minimum Gasteiger partial charge on any atom is -0.481 e. The van der Waals surface area contributed by atoms with Crippen LogP contribution < -0.4 is 10.6 Å². The number of aliphatic carboxylic acids is 1. The Morgan fingerprint density at radius 1 is 1.15 bits per heavy atom. The predicted molar refractivity (Wildman–Crippen MR) is 91.1 cm³/mol. The fourth-order valence-electron chi connectivity index (χ4n) is 3.19. The Labute approximate surface area is 150 Å². The van der Waals surface area contributed by atoms with Crippen LogP contribution in [0.2, 0.25) is 0 Å². The molecule has 2 aliphatic rings. The maximum Gasteiger partial charge on any atom is 0.307 e. The van der Waals surface area contributed by atoms with Crippen molar-refractivity contribution in [3.8, 4) is 0 Å². The van der Waals surface area contributed by atoms with Crippen LogP contribution >= 0.6 is 0 Å². The van der Waals surface area contributed by atoms with Gasteiger partial charge >= 0.3 is 5.97 Å². The molecule has 1 aromatic rings. The Bertz CT molecular complexity index is 731. The van der Waals surface area contributed by atoms with E-state index in [9.17, 15) is 19.2 Å². The number of piperazine rings is 1. The van der Waals surface area contributed by atoms with Crippen molar-refractivity contribution in [1.29, 1.82) is 0 Å². The van der Waals surface area contributed by atoms with Crippen molar-refractivity contribution in [3.63, 3.8) is 0 Å². The van der Waals surface area contributed by atoms with Gasteiger partial charge in [0, 0.05) is 25.2 Å². The number of hydrogen-bond acceptors (Lipinski definition) is 4. The molecule has 0 radical (unpaired) electrons. The van der Waals surface area contributed by atoms with Crippen molar-refractivity contribution in [2.75, 3.05) is 19.6 Å². The number of benzene rings is 1. The first-order valence-corrected chi connectivity index (χ1v) is 8.61. The van der Waals surface area contributed by atoms with Gasteiger partial charge in [0.15, 0.2) is 0 Å². The molecule has 0 aromatic heterocycles. The topological polar surface area (TPSA) is 116 Å². The lowest BCUT2D eigenvalue weighted by atomic mass is 9.73. The zero-order chi connectivity index (χ0) is 18.7. The van der Waals surface area contributed by atoms with Crippen LogP contribution in [-0.4, -0.2) is 53.3 Å². The second-order valence-electron chi connectivity index (χ2n) is 6.62. The summed E-state index contributed by atoms with van der Waals surface area (Å²) < 4.78 is 0. The number of carboxylic acids is 1. The summed E-state index contributed by atoms with van der Waals surface area (Å²) in [6.45, 7) is 1.27. The zero-order valence-corrected chi connectivity index (χ0v) is 14.2. The van der Waals surface area contributed by atoms with E-state index >= 15 is 0 Å². The van der Waals surface area contributed by atoms with Gasteiger partial charge in [-0.15, -0.1) is 0 Å². The molecule has 26 heavy (non-hydrogen) atoms. The number of hydrogen-bond donors (Lipinski definition) is 3. The van der Waals surface area contributed by atoms with Gasteiger partial charge in [0.1, 0.15) is 0 Å². The third-order valence-electron chi connectivity index (χ3n) is 4.92. The lowest BCUT2D eigenvalue weighted by molar-refractivity contribution is -0.152. The van der Waals surface area contributed by atoms with Gasteiger partial charge in [-0.1, -0.05) is 12.1 Å². The van der Waals surface area contributed by atoms with Gasteiger partial charge < -0.3 is 20.6 Å². The molecule has 3 rings (SSSR count). The van der Waals surface area contributed by atoms with E-state index in [4.69, 9.17) is 5.11 Å². The van der Waals surface area contributed by atoms with Gasteiger partial charge in [-0.3, -0.25) is 19.2 Å². The van der Waals surface area contributed by atoms with Gasteiger partial charge in [-0.25, -0.2) is 0 Å². The molecule has 1 heterocycles. The molecule has 1 aromatic carbocycles. The van der Waals surface area contributed by atoms with Crippen LogP contribution in [0.25, 0.3) is 0 Å². The highest BCUT2D eigenvalue weighted by Crippen LogP contribution is 2.34. The Kier molecular flexibility index (Phi) is 5.20. The van der Waals surface area contributed by atoms with E-state index in [1.54, 1.807) is 24.3 Å². The third-order valence-corrected chi connectivity index (χ3v) is 4.92. The summed E-state index contributed by atoms with van der Waals surface area (Å²) in [5.41, 5.74) is 1.30. The highest BCUT2D eigenvalue weighted by atomic mass is 16.4. The number of nitrogens with zero attached hydrogens (tertiary/aromatic N) is 1. The van der Waals surface area contributed by atoms with Gasteiger partial charge in [0.2, 0.25) is 11.8 Å². The van der Waals surface area contributed by atoms with Crippen molar-refractivity contribution in [1.82, 2.24) is 15.5 Å². The zero-order valence-electron chi connectivity index (χ0n) is 14.2. The minimum atomic E-state index is -0.925. The number of amides is 3. The Balaban J connectivity index is 1.53. The molecular weight excluding hydrogens is 338 g/mol. The Morgan fingerprint density at radius 3 is 2.42 bits per heavy atom. The number of carbonyl (C=O) groups excluding carboxylic acids is 3. The highest BCUT2D eigenvalue weighted by molar-refractivity contribution is 5.97. The lowest BCUT2D eigenvalue weighted by Crippen LogP contribution is -2.49. The van der Waals surface area contributed by atoms with Crippen molar-refractivity contribution in [3.05, 3.63) is 35.4 Å². The van der Waals surface area contributed by atoms with Crippen LogP contribution in [0.15, 0.2) is 24.3 Å². The molecule has 2 atom stereocenters. The first-order chi connectivity index (χ1) is 12.5. The SMILES string of the molecule is O=C1CN(C(=O)c2ccc(CNC(=O)C3CCC3C(=O)O)cc2)CCN1. The molecule has 0 bridgehead atoms. The largest absolute Gasteiger partial charge is 0.481 e. The van der Waals surface area contributed by atoms with E-state index < -0.39 is 17.8 Å². The van der Waals surface area contributed by atoms with Gasteiger partial charge in [-0.05, 0) is 30.5 Å². The van der Waals surface area contributed by atoms with Crippen LogP contribution in [0.3, 0.4) is 0 Å². The summed E-state index contributed by atoms with van der Waals surface area (Å²) in [6.07, 6.45) is 1.14. The summed E-state index contributed by atoms with van der Waals surface area (Å²) in [6, 6.07) is 6.82. The molecule has 2 unspecified atom stereocenters. The lowest BCUT2D eigenvalue weighted by Gasteiger charge is -2.31. The fourth-order valence-corrected chi connectivity index (χ4v) is 3.19. The molecule has 1 aliphatic heterocycles. The number of carboxylic acid groups (broad SMARTS) is 1. The summed E-state index contributed by atoms with van der Waals surface area (Å²) in [4.78, 5) is 48.3. The molecule has 8 heteroatoms. The van der Waals surface area contributed by atoms with Crippen LogP contribution in [0.5, 0.6) is 0 Å². The monoisotopic (exact) mass is 359 g/mol. The maximum absolute atomic E-state index is 12.4.